The second kappa shape index (κ2) is 10.3. The third kappa shape index (κ3) is 6.30. The number of carbonyl (C=O) groups excluding carboxylic acids is 2. The van der Waals surface area contributed by atoms with Gasteiger partial charge >= 0.3 is 6.03 Å². The lowest BCUT2D eigenvalue weighted by Gasteiger charge is -2.27. The molecule has 0 fully saturated rings. The van der Waals surface area contributed by atoms with Crippen molar-refractivity contribution in [2.24, 2.45) is 0 Å². The Hall–Kier alpha value is -3.02. The number of nitrogens with zero attached hydrogens (tertiary/aromatic N) is 2. The fourth-order valence-corrected chi connectivity index (χ4v) is 2.88. The first-order valence-corrected chi connectivity index (χ1v) is 9.58. The third-order valence-corrected chi connectivity index (χ3v) is 4.77. The average molecular weight is 383 g/mol. The lowest BCUT2D eigenvalue weighted by molar-refractivity contribution is -0.129. The van der Waals surface area contributed by atoms with Crippen LogP contribution in [0.3, 0.4) is 0 Å². The van der Waals surface area contributed by atoms with Gasteiger partial charge in [-0.25, -0.2) is 4.79 Å². The topological polar surface area (TPSA) is 64.7 Å². The Kier molecular flexibility index (Phi) is 7.87. The average Bonchev–Trinajstić information content (AvgIpc) is 2.70. The lowest BCUT2D eigenvalue weighted by atomic mass is 10.2. The summed E-state index contributed by atoms with van der Waals surface area (Å²) in [6.45, 7) is 7.28. The largest absolute Gasteiger partial charge is 0.370 e. The SMILES string of the molecule is CCN(Cc1cccc(NC(=O)NC[C@H](C)N(C)c2ccccc2)c1)C(C)=O. The van der Waals surface area contributed by atoms with Gasteiger partial charge in [0.1, 0.15) is 0 Å². The van der Waals surface area contributed by atoms with Crippen molar-refractivity contribution < 1.29 is 9.59 Å². The van der Waals surface area contributed by atoms with Gasteiger partial charge in [0.25, 0.3) is 0 Å². The molecule has 2 N–H and O–H groups in total. The van der Waals surface area contributed by atoms with Gasteiger partial charge < -0.3 is 20.4 Å². The highest BCUT2D eigenvalue weighted by atomic mass is 16.2. The minimum atomic E-state index is -0.246. The van der Waals surface area contributed by atoms with Crippen LogP contribution in [0.15, 0.2) is 54.6 Å². The van der Waals surface area contributed by atoms with Crippen molar-refractivity contribution in [3.05, 3.63) is 60.2 Å². The number of amides is 3. The summed E-state index contributed by atoms with van der Waals surface area (Å²) >= 11 is 0. The summed E-state index contributed by atoms with van der Waals surface area (Å²) in [7, 11) is 2.01. The van der Waals surface area contributed by atoms with Crippen molar-refractivity contribution in [1.82, 2.24) is 10.2 Å². The van der Waals surface area contributed by atoms with E-state index in [1.54, 1.807) is 11.8 Å². The molecule has 2 aromatic rings. The summed E-state index contributed by atoms with van der Waals surface area (Å²) in [5.41, 5.74) is 2.79. The molecule has 0 aliphatic heterocycles. The number of hydrogen-bond donors (Lipinski definition) is 2. The summed E-state index contributed by atoms with van der Waals surface area (Å²) in [5.74, 6) is 0.0372. The smallest absolute Gasteiger partial charge is 0.319 e. The maximum absolute atomic E-state index is 12.3. The van der Waals surface area contributed by atoms with Crippen LogP contribution in [0.25, 0.3) is 0 Å². The molecule has 150 valence electrons. The van der Waals surface area contributed by atoms with E-state index in [1.165, 1.54) is 0 Å². The first-order valence-electron chi connectivity index (χ1n) is 9.58. The normalized spacial score (nSPS) is 11.4. The molecular formula is C22H30N4O2. The molecule has 3 amide bonds. The number of rotatable bonds is 8. The van der Waals surface area contributed by atoms with E-state index in [0.717, 1.165) is 11.3 Å². The summed E-state index contributed by atoms with van der Waals surface area (Å²) in [6.07, 6.45) is 0. The van der Waals surface area contributed by atoms with Crippen LogP contribution in [0.4, 0.5) is 16.2 Å². The molecule has 0 aliphatic carbocycles. The Labute approximate surface area is 167 Å². The van der Waals surface area contributed by atoms with Crippen molar-refractivity contribution >= 4 is 23.3 Å². The molecular weight excluding hydrogens is 352 g/mol. The van der Waals surface area contributed by atoms with Gasteiger partial charge in [0.05, 0.1) is 0 Å². The van der Waals surface area contributed by atoms with Crippen molar-refractivity contribution in [1.29, 1.82) is 0 Å². The van der Waals surface area contributed by atoms with Crippen LogP contribution in [-0.2, 0) is 11.3 Å². The van der Waals surface area contributed by atoms with E-state index in [9.17, 15) is 9.59 Å². The quantitative estimate of drug-likeness (QED) is 0.732. The number of likely N-dealkylation sites (N-methyl/N-ethyl adjacent to an activating group) is 1. The fraction of sp³-hybridized carbons (Fsp3) is 0.364. The van der Waals surface area contributed by atoms with Gasteiger partial charge in [0, 0.05) is 51.0 Å². The molecule has 2 aromatic carbocycles. The van der Waals surface area contributed by atoms with Gasteiger partial charge in [-0.15, -0.1) is 0 Å². The van der Waals surface area contributed by atoms with Crippen LogP contribution in [0, 0.1) is 0 Å². The molecule has 0 bridgehead atoms. The first kappa shape index (κ1) is 21.3. The Balaban J connectivity index is 1.87. The number of urea groups is 1. The molecule has 0 saturated carbocycles. The molecule has 2 rings (SSSR count). The van der Waals surface area contributed by atoms with Gasteiger partial charge in [-0.1, -0.05) is 30.3 Å². The van der Waals surface area contributed by atoms with Crippen LogP contribution in [0.5, 0.6) is 0 Å². The summed E-state index contributed by atoms with van der Waals surface area (Å²) < 4.78 is 0. The zero-order chi connectivity index (χ0) is 20.5. The van der Waals surface area contributed by atoms with Crippen molar-refractivity contribution in [3.63, 3.8) is 0 Å². The van der Waals surface area contributed by atoms with Crippen molar-refractivity contribution in [2.45, 2.75) is 33.4 Å². The molecule has 0 aromatic heterocycles. The maximum atomic E-state index is 12.3. The molecule has 6 heteroatoms. The Bertz CT molecular complexity index is 779. The highest BCUT2D eigenvalue weighted by Crippen LogP contribution is 2.14. The van der Waals surface area contributed by atoms with E-state index in [1.807, 2.05) is 68.6 Å². The van der Waals surface area contributed by atoms with Gasteiger partial charge in [-0.2, -0.15) is 0 Å². The van der Waals surface area contributed by atoms with Crippen LogP contribution < -0.4 is 15.5 Å². The van der Waals surface area contributed by atoms with Gasteiger partial charge in [0.2, 0.25) is 5.91 Å². The van der Waals surface area contributed by atoms with E-state index in [0.29, 0.717) is 25.3 Å². The zero-order valence-electron chi connectivity index (χ0n) is 17.1. The Morgan fingerprint density at radius 2 is 1.79 bits per heavy atom. The molecule has 0 unspecified atom stereocenters. The molecule has 0 heterocycles. The van der Waals surface area contributed by atoms with E-state index < -0.39 is 0 Å². The van der Waals surface area contributed by atoms with Crippen molar-refractivity contribution in [3.8, 4) is 0 Å². The second-order valence-electron chi connectivity index (χ2n) is 6.86. The molecule has 28 heavy (non-hydrogen) atoms. The second-order valence-corrected chi connectivity index (χ2v) is 6.86. The van der Waals surface area contributed by atoms with Gasteiger partial charge in [-0.3, -0.25) is 4.79 Å². The minimum Gasteiger partial charge on any atom is -0.370 e. The maximum Gasteiger partial charge on any atom is 0.319 e. The van der Waals surface area contributed by atoms with Crippen molar-refractivity contribution in [2.75, 3.05) is 30.4 Å². The summed E-state index contributed by atoms with van der Waals surface area (Å²) in [6, 6.07) is 17.5. The third-order valence-electron chi connectivity index (χ3n) is 4.77. The number of carbonyl (C=O) groups is 2. The zero-order valence-corrected chi connectivity index (χ0v) is 17.1. The van der Waals surface area contributed by atoms with Crippen LogP contribution in [-0.4, -0.2) is 43.0 Å². The number of nitrogens with one attached hydrogen (secondary N) is 2. The molecule has 6 nitrogen and oxygen atoms in total. The van der Waals surface area contributed by atoms with Gasteiger partial charge in [-0.05, 0) is 43.7 Å². The summed E-state index contributed by atoms with van der Waals surface area (Å²) in [5, 5.41) is 5.78. The summed E-state index contributed by atoms with van der Waals surface area (Å²) in [4.78, 5) is 27.7. The van der Waals surface area contributed by atoms with E-state index in [-0.39, 0.29) is 18.0 Å². The standard InChI is InChI=1S/C22H30N4O2/c1-5-26(18(3)27)16-19-10-9-11-20(14-19)24-22(28)23-15-17(2)25(4)21-12-7-6-8-13-21/h6-14,17H,5,15-16H2,1-4H3,(H2,23,24,28)/t17-/m0/s1. The van der Waals surface area contributed by atoms with E-state index in [2.05, 4.69) is 22.5 Å². The first-order chi connectivity index (χ1) is 13.4. The highest BCUT2D eigenvalue weighted by Gasteiger charge is 2.12. The number of benzene rings is 2. The van der Waals surface area contributed by atoms with Gasteiger partial charge in [0.15, 0.2) is 0 Å². The van der Waals surface area contributed by atoms with Crippen LogP contribution in [0.1, 0.15) is 26.3 Å². The molecule has 0 aliphatic rings. The minimum absolute atomic E-state index is 0.0372. The van der Waals surface area contributed by atoms with Crippen LogP contribution in [0.2, 0.25) is 0 Å². The Morgan fingerprint density at radius 3 is 2.43 bits per heavy atom. The fourth-order valence-electron chi connectivity index (χ4n) is 2.88. The van der Waals surface area contributed by atoms with E-state index >= 15 is 0 Å². The number of hydrogen-bond acceptors (Lipinski definition) is 3. The highest BCUT2D eigenvalue weighted by molar-refractivity contribution is 5.89. The molecule has 0 radical (unpaired) electrons. The predicted octanol–water partition coefficient (Wildman–Crippen LogP) is 3.70. The van der Waals surface area contributed by atoms with Crippen LogP contribution >= 0.6 is 0 Å². The monoisotopic (exact) mass is 382 g/mol. The van der Waals surface area contributed by atoms with E-state index in [4.69, 9.17) is 0 Å². The predicted molar refractivity (Wildman–Crippen MR) is 115 cm³/mol. The lowest BCUT2D eigenvalue weighted by Crippen LogP contribution is -2.41. The molecule has 1 atom stereocenters. The Morgan fingerprint density at radius 1 is 1.07 bits per heavy atom. The molecule has 0 saturated heterocycles. The number of anilines is 2. The molecule has 0 spiro atoms. The number of para-hydroxylation sites is 1.